The number of hydrogen-bond acceptors (Lipinski definition) is 3. The predicted molar refractivity (Wildman–Crippen MR) is 46.0 cm³/mol. The highest BCUT2D eigenvalue weighted by Crippen LogP contribution is 2.01. The smallest absolute Gasteiger partial charge is 0.101 e. The van der Waals surface area contributed by atoms with Crippen LogP contribution < -0.4 is 11.1 Å². The number of nitrogens with two attached hydrogens (primary N) is 1. The van der Waals surface area contributed by atoms with E-state index in [-0.39, 0.29) is 5.54 Å². The summed E-state index contributed by atoms with van der Waals surface area (Å²) in [6.07, 6.45) is 0. The lowest BCUT2D eigenvalue weighted by molar-refractivity contribution is 0.398. The molecule has 0 unspecified atom stereocenters. The Bertz CT molecular complexity index is 159. The Kier molecular flexibility index (Phi) is 3.03. The van der Waals surface area contributed by atoms with Crippen molar-refractivity contribution in [1.82, 2.24) is 5.32 Å². The molecule has 0 bridgehead atoms. The first-order valence-electron chi connectivity index (χ1n) is 3.72. The van der Waals surface area contributed by atoms with Crippen LogP contribution >= 0.6 is 0 Å². The minimum absolute atomic E-state index is 0.256. The molecule has 0 aromatic rings. The molecule has 0 saturated carbocycles. The van der Waals surface area contributed by atoms with E-state index < -0.39 is 5.54 Å². The summed E-state index contributed by atoms with van der Waals surface area (Å²) in [4.78, 5) is 0. The molecule has 0 aliphatic carbocycles. The Hall–Kier alpha value is -0.590. The zero-order valence-electron chi connectivity index (χ0n) is 7.73. The standard InChI is InChI=1S/C8H17N3/c1-7(2,10)6-11-8(3,4)5-9/h11H,6,10H2,1-4H3. The summed E-state index contributed by atoms with van der Waals surface area (Å²) < 4.78 is 0. The van der Waals surface area contributed by atoms with Crippen LogP contribution in [0, 0.1) is 11.3 Å². The van der Waals surface area contributed by atoms with E-state index in [1.807, 2.05) is 27.7 Å². The molecule has 3 nitrogen and oxygen atoms in total. The lowest BCUT2D eigenvalue weighted by Gasteiger charge is -2.25. The lowest BCUT2D eigenvalue weighted by atomic mass is 10.0. The fraction of sp³-hybridized carbons (Fsp3) is 0.875. The van der Waals surface area contributed by atoms with Crippen molar-refractivity contribution in [1.29, 1.82) is 5.26 Å². The molecule has 64 valence electrons. The third kappa shape index (κ3) is 5.84. The van der Waals surface area contributed by atoms with E-state index in [0.717, 1.165) is 0 Å². The van der Waals surface area contributed by atoms with Crippen LogP contribution in [0.5, 0.6) is 0 Å². The van der Waals surface area contributed by atoms with Crippen LogP contribution in [0.3, 0.4) is 0 Å². The second kappa shape index (κ2) is 3.21. The highest BCUT2D eigenvalue weighted by molar-refractivity contribution is 5.01. The van der Waals surface area contributed by atoms with Gasteiger partial charge in [-0.15, -0.1) is 0 Å². The van der Waals surface area contributed by atoms with Gasteiger partial charge in [0.15, 0.2) is 0 Å². The molecule has 0 aliphatic heterocycles. The van der Waals surface area contributed by atoms with Gasteiger partial charge in [0, 0.05) is 12.1 Å². The van der Waals surface area contributed by atoms with E-state index in [4.69, 9.17) is 11.0 Å². The molecule has 3 heteroatoms. The van der Waals surface area contributed by atoms with Crippen molar-refractivity contribution < 1.29 is 0 Å². The Morgan fingerprint density at radius 3 is 2.09 bits per heavy atom. The van der Waals surface area contributed by atoms with E-state index in [9.17, 15) is 0 Å². The number of nitrogens with zero attached hydrogens (tertiary/aromatic N) is 1. The zero-order chi connectivity index (χ0) is 9.12. The maximum Gasteiger partial charge on any atom is 0.101 e. The van der Waals surface area contributed by atoms with E-state index in [0.29, 0.717) is 6.54 Å². The SMILES string of the molecule is CC(C)(N)CNC(C)(C)C#N. The molecule has 3 N–H and O–H groups in total. The highest BCUT2D eigenvalue weighted by Gasteiger charge is 2.19. The predicted octanol–water partition coefficient (Wildman–Crippen LogP) is 0.615. The van der Waals surface area contributed by atoms with Gasteiger partial charge in [0.05, 0.1) is 6.07 Å². The van der Waals surface area contributed by atoms with Gasteiger partial charge >= 0.3 is 0 Å². The van der Waals surface area contributed by atoms with Crippen LogP contribution in [0.15, 0.2) is 0 Å². The second-order valence-corrected chi connectivity index (χ2v) is 4.08. The summed E-state index contributed by atoms with van der Waals surface area (Å²) in [5, 5.41) is 11.7. The van der Waals surface area contributed by atoms with E-state index >= 15 is 0 Å². The van der Waals surface area contributed by atoms with Crippen LogP contribution in [0.1, 0.15) is 27.7 Å². The summed E-state index contributed by atoms with van der Waals surface area (Å²) >= 11 is 0. The van der Waals surface area contributed by atoms with Crippen molar-refractivity contribution in [2.75, 3.05) is 6.54 Å². The van der Waals surface area contributed by atoms with Crippen LogP contribution in [-0.4, -0.2) is 17.6 Å². The second-order valence-electron chi connectivity index (χ2n) is 4.08. The van der Waals surface area contributed by atoms with Crippen molar-refractivity contribution in [2.45, 2.75) is 38.8 Å². The summed E-state index contributed by atoms with van der Waals surface area (Å²) in [6, 6.07) is 2.15. The quantitative estimate of drug-likeness (QED) is 0.628. The molecule has 0 fully saturated rings. The Balaban J connectivity index is 3.83. The molecular formula is C8H17N3. The zero-order valence-corrected chi connectivity index (χ0v) is 7.73. The average Bonchev–Trinajstić information content (AvgIpc) is 1.83. The summed E-state index contributed by atoms with van der Waals surface area (Å²) in [5.74, 6) is 0. The first kappa shape index (κ1) is 10.4. The molecule has 0 aromatic carbocycles. The minimum atomic E-state index is -0.476. The van der Waals surface area contributed by atoms with Gasteiger partial charge in [-0.25, -0.2) is 0 Å². The van der Waals surface area contributed by atoms with Crippen molar-refractivity contribution >= 4 is 0 Å². The molecular weight excluding hydrogens is 138 g/mol. The fourth-order valence-corrected chi connectivity index (χ4v) is 0.488. The van der Waals surface area contributed by atoms with Gasteiger partial charge in [-0.3, -0.25) is 5.32 Å². The van der Waals surface area contributed by atoms with Crippen molar-refractivity contribution in [3.05, 3.63) is 0 Å². The normalized spacial score (nSPS) is 12.7. The maximum absolute atomic E-state index is 8.64. The third-order valence-electron chi connectivity index (χ3n) is 1.27. The number of nitriles is 1. The van der Waals surface area contributed by atoms with E-state index in [1.54, 1.807) is 0 Å². The van der Waals surface area contributed by atoms with Crippen LogP contribution in [0.25, 0.3) is 0 Å². The number of rotatable bonds is 3. The Labute approximate surface area is 68.6 Å². The minimum Gasteiger partial charge on any atom is -0.324 e. The van der Waals surface area contributed by atoms with Crippen LogP contribution in [-0.2, 0) is 0 Å². The van der Waals surface area contributed by atoms with Gasteiger partial charge in [0.2, 0.25) is 0 Å². The number of hydrogen-bond donors (Lipinski definition) is 2. The molecule has 0 rings (SSSR count). The third-order valence-corrected chi connectivity index (χ3v) is 1.27. The Morgan fingerprint density at radius 1 is 1.36 bits per heavy atom. The Morgan fingerprint density at radius 2 is 1.82 bits per heavy atom. The van der Waals surface area contributed by atoms with Crippen molar-refractivity contribution in [3.63, 3.8) is 0 Å². The summed E-state index contributed by atoms with van der Waals surface area (Å²) in [6.45, 7) is 8.16. The maximum atomic E-state index is 8.64. The molecule has 0 saturated heterocycles. The van der Waals surface area contributed by atoms with Gasteiger partial charge in [-0.05, 0) is 27.7 Å². The summed E-state index contributed by atoms with van der Waals surface area (Å²) in [5.41, 5.74) is 4.99. The molecule has 0 spiro atoms. The van der Waals surface area contributed by atoms with Crippen molar-refractivity contribution in [3.8, 4) is 6.07 Å². The monoisotopic (exact) mass is 155 g/mol. The number of nitrogens with one attached hydrogen (secondary N) is 1. The fourth-order valence-electron chi connectivity index (χ4n) is 0.488. The van der Waals surface area contributed by atoms with E-state index in [1.165, 1.54) is 0 Å². The molecule has 0 heterocycles. The largest absolute Gasteiger partial charge is 0.324 e. The van der Waals surface area contributed by atoms with Gasteiger partial charge < -0.3 is 5.73 Å². The van der Waals surface area contributed by atoms with Gasteiger partial charge in [0.25, 0.3) is 0 Å². The molecule has 11 heavy (non-hydrogen) atoms. The summed E-state index contributed by atoms with van der Waals surface area (Å²) in [7, 11) is 0. The molecule has 0 amide bonds. The molecule has 0 aromatic heterocycles. The van der Waals surface area contributed by atoms with Crippen molar-refractivity contribution in [2.24, 2.45) is 5.73 Å². The van der Waals surface area contributed by atoms with E-state index in [2.05, 4.69) is 11.4 Å². The first-order valence-corrected chi connectivity index (χ1v) is 3.72. The van der Waals surface area contributed by atoms with Gasteiger partial charge in [0.1, 0.15) is 5.54 Å². The topological polar surface area (TPSA) is 61.8 Å². The van der Waals surface area contributed by atoms with Gasteiger partial charge in [-0.2, -0.15) is 5.26 Å². The van der Waals surface area contributed by atoms with Crippen LogP contribution in [0.2, 0.25) is 0 Å². The molecule has 0 atom stereocenters. The average molecular weight is 155 g/mol. The molecule has 0 radical (unpaired) electrons. The van der Waals surface area contributed by atoms with Gasteiger partial charge in [-0.1, -0.05) is 0 Å². The first-order chi connectivity index (χ1) is 4.77. The highest BCUT2D eigenvalue weighted by atomic mass is 15.0. The molecule has 0 aliphatic rings. The van der Waals surface area contributed by atoms with Crippen LogP contribution in [0.4, 0.5) is 0 Å². The lowest BCUT2D eigenvalue weighted by Crippen LogP contribution is -2.50.